The van der Waals surface area contributed by atoms with Gasteiger partial charge in [0.05, 0.1) is 19.3 Å². The molecule has 0 aromatic rings. The van der Waals surface area contributed by atoms with E-state index in [2.05, 4.69) is 60.1 Å². The average Bonchev–Trinajstić information content (AvgIpc) is 3.13. The molecule has 53 heavy (non-hydrogen) atoms. The minimum absolute atomic E-state index is 0.128. The topological polar surface area (TPSA) is 192 Å². The third-order valence-electron chi connectivity index (χ3n) is 7.90. The van der Waals surface area contributed by atoms with Crippen LogP contribution in [0, 0.1) is 0 Å². The maximum atomic E-state index is 12.5. The summed E-state index contributed by atoms with van der Waals surface area (Å²) in [5.74, 6) is -2.50. The Hall–Kier alpha value is -2.86. The number of ether oxygens (including phenoxy) is 2. The maximum Gasteiger partial charge on any atom is 0.472 e. The number of phosphoric acid groups is 1. The van der Waals surface area contributed by atoms with E-state index in [1.807, 2.05) is 19.1 Å². The zero-order valence-electron chi connectivity index (χ0n) is 32.2. The van der Waals surface area contributed by atoms with Crippen LogP contribution in [0.15, 0.2) is 60.8 Å². The van der Waals surface area contributed by atoms with E-state index in [1.165, 1.54) is 12.8 Å². The highest BCUT2D eigenvalue weighted by atomic mass is 31.2. The van der Waals surface area contributed by atoms with Gasteiger partial charge in [0.2, 0.25) is 0 Å². The Bertz CT molecular complexity index is 1150. The number of hydrogen-bond acceptors (Lipinski definition) is 10. The molecule has 0 aliphatic heterocycles. The summed E-state index contributed by atoms with van der Waals surface area (Å²) in [5, 5.41) is 18.4. The molecule has 4 atom stereocenters. The Morgan fingerprint density at radius 2 is 1.17 bits per heavy atom. The van der Waals surface area contributed by atoms with Crippen molar-refractivity contribution in [2.75, 3.05) is 19.8 Å². The first-order chi connectivity index (χ1) is 25.5. The Morgan fingerprint density at radius 3 is 1.79 bits per heavy atom. The molecule has 1 unspecified atom stereocenters. The number of hydrogen-bond donors (Lipinski definition) is 4. The normalized spacial score (nSPS) is 15.1. The largest absolute Gasteiger partial charge is 0.480 e. The number of nitrogens with two attached hydrogens (primary N) is 1. The molecule has 0 saturated heterocycles. The molecule has 0 fully saturated rings. The van der Waals surface area contributed by atoms with Gasteiger partial charge in [-0.05, 0) is 77.0 Å². The van der Waals surface area contributed by atoms with Gasteiger partial charge >= 0.3 is 25.7 Å². The Morgan fingerprint density at radius 1 is 0.660 bits per heavy atom. The summed E-state index contributed by atoms with van der Waals surface area (Å²) in [6, 6.07) is -1.54. The fourth-order valence-electron chi connectivity index (χ4n) is 4.60. The van der Waals surface area contributed by atoms with Crippen LogP contribution in [0.3, 0.4) is 0 Å². The number of carbonyl (C=O) groups is 3. The molecule has 0 aliphatic carbocycles. The predicted octanol–water partition coefficient (Wildman–Crippen LogP) is 8.58. The molecule has 0 saturated carbocycles. The zero-order valence-corrected chi connectivity index (χ0v) is 33.1. The van der Waals surface area contributed by atoms with Gasteiger partial charge in [-0.3, -0.25) is 23.4 Å². The smallest absolute Gasteiger partial charge is 0.472 e. The van der Waals surface area contributed by atoms with Crippen molar-refractivity contribution in [3.05, 3.63) is 60.8 Å². The Kier molecular flexibility index (Phi) is 33.0. The number of carbonyl (C=O) groups excluding carboxylic acids is 2. The van der Waals surface area contributed by atoms with Crippen LogP contribution in [-0.2, 0) is 37.5 Å². The van der Waals surface area contributed by atoms with E-state index in [-0.39, 0.29) is 25.6 Å². The van der Waals surface area contributed by atoms with E-state index >= 15 is 0 Å². The quantitative estimate of drug-likeness (QED) is 0.0208. The molecule has 5 N–H and O–H groups in total. The van der Waals surface area contributed by atoms with Crippen molar-refractivity contribution < 1.29 is 52.6 Å². The van der Waals surface area contributed by atoms with Crippen molar-refractivity contribution in [3.63, 3.8) is 0 Å². The third-order valence-corrected chi connectivity index (χ3v) is 8.85. The second-order valence-corrected chi connectivity index (χ2v) is 14.3. The van der Waals surface area contributed by atoms with Gasteiger partial charge in [-0.2, -0.15) is 0 Å². The van der Waals surface area contributed by atoms with Crippen molar-refractivity contribution >= 4 is 25.7 Å². The summed E-state index contributed by atoms with van der Waals surface area (Å²) >= 11 is 0. The van der Waals surface area contributed by atoms with Crippen LogP contribution in [0.25, 0.3) is 0 Å². The second kappa shape index (κ2) is 34.9. The van der Waals surface area contributed by atoms with E-state index < -0.39 is 51.1 Å². The minimum atomic E-state index is -4.73. The lowest BCUT2D eigenvalue weighted by molar-refractivity contribution is -0.161. The number of unbranched alkanes of at least 4 members (excludes halogenated alkanes) is 8. The molecule has 0 bridgehead atoms. The maximum absolute atomic E-state index is 12.5. The van der Waals surface area contributed by atoms with E-state index in [1.54, 1.807) is 0 Å². The first-order valence-corrected chi connectivity index (χ1v) is 20.9. The summed E-state index contributed by atoms with van der Waals surface area (Å²) < 4.78 is 32.5. The number of aliphatic hydroxyl groups is 1. The fourth-order valence-corrected chi connectivity index (χ4v) is 5.38. The number of allylic oxidation sites excluding steroid dienone is 10. The lowest BCUT2D eigenvalue weighted by atomic mass is 10.1. The summed E-state index contributed by atoms with van der Waals surface area (Å²) in [6.45, 7) is 2.38. The van der Waals surface area contributed by atoms with Crippen LogP contribution in [0.2, 0.25) is 0 Å². The zero-order chi connectivity index (χ0) is 39.4. The van der Waals surface area contributed by atoms with E-state index in [0.29, 0.717) is 19.3 Å². The minimum Gasteiger partial charge on any atom is -0.480 e. The summed E-state index contributed by atoms with van der Waals surface area (Å²) in [7, 11) is -4.73. The Balaban J connectivity index is 4.53. The molecule has 0 radical (unpaired) electrons. The Labute approximate surface area is 318 Å². The molecule has 0 aromatic carbocycles. The van der Waals surface area contributed by atoms with Crippen LogP contribution in [-0.4, -0.2) is 71.1 Å². The average molecular weight is 770 g/mol. The number of carboxylic acid groups (broad SMARTS) is 1. The molecule has 0 heterocycles. The SMILES string of the molecule is CCCC/C=C\CCCCCCCC(=O)O[C@H](COC(=O)CCC/C=C\C/C=C\C/C=C\C/C=C\CC[C@@H](O)CC)COP(=O)(O)OC[C@H](N)C(=O)O. The van der Waals surface area contributed by atoms with Crippen LogP contribution in [0.4, 0.5) is 0 Å². The van der Waals surface area contributed by atoms with Crippen molar-refractivity contribution in [1.82, 2.24) is 0 Å². The number of aliphatic carboxylic acids is 1. The van der Waals surface area contributed by atoms with Gasteiger partial charge in [-0.25, -0.2) is 4.57 Å². The van der Waals surface area contributed by atoms with Gasteiger partial charge in [0.25, 0.3) is 0 Å². The van der Waals surface area contributed by atoms with Crippen molar-refractivity contribution in [2.24, 2.45) is 5.73 Å². The molecule has 304 valence electrons. The monoisotopic (exact) mass is 769 g/mol. The summed E-state index contributed by atoms with van der Waals surface area (Å²) in [4.78, 5) is 45.7. The number of rotatable bonds is 35. The number of aliphatic hydroxyl groups excluding tert-OH is 1. The molecule has 13 heteroatoms. The van der Waals surface area contributed by atoms with Crippen LogP contribution in [0.1, 0.15) is 136 Å². The number of carboxylic acids is 1. The lowest BCUT2D eigenvalue weighted by Gasteiger charge is -2.20. The highest BCUT2D eigenvalue weighted by Gasteiger charge is 2.28. The van der Waals surface area contributed by atoms with Gasteiger partial charge in [-0.1, -0.05) is 107 Å². The molecule has 0 aliphatic rings. The van der Waals surface area contributed by atoms with Gasteiger partial charge in [-0.15, -0.1) is 0 Å². The summed E-state index contributed by atoms with van der Waals surface area (Å²) in [6.07, 6.45) is 35.3. The molecular formula is C40H68NO11P. The highest BCUT2D eigenvalue weighted by Crippen LogP contribution is 2.43. The first kappa shape index (κ1) is 50.1. The standard InChI is InChI=1S/C40H68NO11P/c1-3-5-6-7-8-9-14-19-22-25-28-31-39(44)52-36(33-50-53(47,48)51-34-37(41)40(45)46)32-49-38(43)30-27-24-21-18-16-13-11-10-12-15-17-20-23-26-29-35(42)4-2/h7-8,11-13,15,18,20-21,23,35-37,42H,3-6,9-10,14,16-17,19,22,24-34,41H2,1-2H3,(H,45,46)(H,47,48)/b8-7-,13-11-,15-12-,21-18-,23-20-/t35-,36+,37-/m0/s1. The highest BCUT2D eigenvalue weighted by molar-refractivity contribution is 7.47. The number of phosphoric ester groups is 1. The summed E-state index contributed by atoms with van der Waals surface area (Å²) in [5.41, 5.74) is 5.31. The second-order valence-electron chi connectivity index (χ2n) is 12.8. The molecule has 0 aromatic heterocycles. The third kappa shape index (κ3) is 34.6. The van der Waals surface area contributed by atoms with Crippen molar-refractivity contribution in [2.45, 2.75) is 154 Å². The molecule has 0 amide bonds. The van der Waals surface area contributed by atoms with Gasteiger partial charge in [0.15, 0.2) is 6.10 Å². The van der Waals surface area contributed by atoms with E-state index in [4.69, 9.17) is 24.8 Å². The van der Waals surface area contributed by atoms with Gasteiger partial charge in [0, 0.05) is 12.8 Å². The van der Waals surface area contributed by atoms with E-state index in [0.717, 1.165) is 77.0 Å². The van der Waals surface area contributed by atoms with Gasteiger partial charge in [0.1, 0.15) is 12.6 Å². The fraction of sp³-hybridized carbons (Fsp3) is 0.675. The van der Waals surface area contributed by atoms with Gasteiger partial charge < -0.3 is 30.3 Å². The van der Waals surface area contributed by atoms with Crippen molar-refractivity contribution in [3.8, 4) is 0 Å². The number of esters is 2. The molecular weight excluding hydrogens is 701 g/mol. The predicted molar refractivity (Wildman–Crippen MR) is 209 cm³/mol. The van der Waals surface area contributed by atoms with Crippen LogP contribution >= 0.6 is 7.82 Å². The van der Waals surface area contributed by atoms with E-state index in [9.17, 15) is 28.9 Å². The first-order valence-electron chi connectivity index (χ1n) is 19.4. The molecule has 12 nitrogen and oxygen atoms in total. The van der Waals surface area contributed by atoms with Crippen LogP contribution in [0.5, 0.6) is 0 Å². The van der Waals surface area contributed by atoms with Crippen LogP contribution < -0.4 is 5.73 Å². The molecule has 0 rings (SSSR count). The molecule has 0 spiro atoms. The van der Waals surface area contributed by atoms with Crippen molar-refractivity contribution in [1.29, 1.82) is 0 Å². The lowest BCUT2D eigenvalue weighted by Crippen LogP contribution is -2.34.